The van der Waals surface area contributed by atoms with E-state index in [0.717, 1.165) is 41.7 Å². The maximum atomic E-state index is 15.3. The van der Waals surface area contributed by atoms with Crippen molar-refractivity contribution in [2.45, 2.75) is 71.0 Å². The van der Waals surface area contributed by atoms with Crippen molar-refractivity contribution in [3.05, 3.63) is 113 Å². The molecule has 1 amide bonds. The van der Waals surface area contributed by atoms with E-state index in [9.17, 15) is 18.0 Å². The molecule has 1 fully saturated rings. The second-order valence-electron chi connectivity index (χ2n) is 11.6. The number of hydrogen-bond acceptors (Lipinski definition) is 4. The number of halogens is 4. The smallest absolute Gasteiger partial charge is 0.351 e. The summed E-state index contributed by atoms with van der Waals surface area (Å²) < 4.78 is 57.0. The summed E-state index contributed by atoms with van der Waals surface area (Å²) in [6.45, 7) is 6.02. The predicted molar refractivity (Wildman–Crippen MR) is 167 cm³/mol. The predicted octanol–water partition coefficient (Wildman–Crippen LogP) is 8.64. The van der Waals surface area contributed by atoms with E-state index < -0.39 is 28.9 Å². The Morgan fingerprint density at radius 1 is 1.05 bits per heavy atom. The lowest BCUT2D eigenvalue weighted by Gasteiger charge is -2.39. The molecule has 4 N–H and O–H groups in total. The molecule has 0 bridgehead atoms. The lowest BCUT2D eigenvalue weighted by Crippen LogP contribution is -2.34. The quantitative estimate of drug-likeness (QED) is 0.103. The van der Waals surface area contributed by atoms with Crippen LogP contribution in [-0.2, 0) is 16.8 Å². The molecular formula is C35H40F4N4O. The van der Waals surface area contributed by atoms with Crippen molar-refractivity contribution >= 4 is 17.3 Å². The Bertz CT molecular complexity index is 1500. The number of hydrogen-bond donors (Lipinski definition) is 3. The van der Waals surface area contributed by atoms with Gasteiger partial charge in [0.25, 0.3) is 5.91 Å². The van der Waals surface area contributed by atoms with Crippen LogP contribution in [0.15, 0.2) is 90.4 Å². The SMILES string of the molecule is CC/C=C(/C=C(\Nc1cccc(CN)c1)C(=O)Nc1cc(C(CCC2CC2)(c2ccncc2)C(C)C)ccc1F)C(F)(F)F. The number of aromatic nitrogens is 1. The summed E-state index contributed by atoms with van der Waals surface area (Å²) in [7, 11) is 0. The number of nitrogens with two attached hydrogens (primary N) is 1. The zero-order valence-corrected chi connectivity index (χ0v) is 25.3. The average Bonchev–Trinajstić information content (AvgIpc) is 3.83. The normalized spacial score (nSPS) is 15.7. The molecule has 1 heterocycles. The van der Waals surface area contributed by atoms with Crippen LogP contribution in [0.1, 0.15) is 69.6 Å². The zero-order valence-electron chi connectivity index (χ0n) is 25.3. The standard InChI is InChI=1S/C35H40F4N4O/c1-4-6-28(35(37,38)39)21-32(42-29-8-5-7-25(19-29)22-40)33(44)43-31-20-27(11-12-30(31)36)34(23(2)3,16-13-24-9-10-24)26-14-17-41-18-15-26/h5-8,11-12,14-15,17-21,23-24,42H,4,9-10,13,16,22,40H2,1-3H3,(H,43,44)/b28-6-,32-21-. The Morgan fingerprint density at radius 2 is 1.77 bits per heavy atom. The fourth-order valence-electron chi connectivity index (χ4n) is 5.71. The van der Waals surface area contributed by atoms with E-state index in [1.165, 1.54) is 18.9 Å². The molecule has 1 aliphatic rings. The van der Waals surface area contributed by atoms with Gasteiger partial charge >= 0.3 is 6.18 Å². The van der Waals surface area contributed by atoms with Gasteiger partial charge in [-0.15, -0.1) is 0 Å². The van der Waals surface area contributed by atoms with Crippen LogP contribution < -0.4 is 16.4 Å². The topological polar surface area (TPSA) is 80.0 Å². The van der Waals surface area contributed by atoms with Gasteiger partial charge in [-0.25, -0.2) is 4.39 Å². The lowest BCUT2D eigenvalue weighted by molar-refractivity contribution is -0.112. The molecule has 0 saturated heterocycles. The molecule has 1 unspecified atom stereocenters. The summed E-state index contributed by atoms with van der Waals surface area (Å²) in [6, 6.07) is 15.3. The number of nitrogens with one attached hydrogen (secondary N) is 2. The Balaban J connectivity index is 1.76. The number of pyridine rings is 1. The molecular weight excluding hydrogens is 568 g/mol. The number of alkyl halides is 3. The van der Waals surface area contributed by atoms with Crippen LogP contribution in [0.3, 0.4) is 0 Å². The second-order valence-corrected chi connectivity index (χ2v) is 11.6. The molecule has 1 aromatic heterocycles. The van der Waals surface area contributed by atoms with Crippen molar-refractivity contribution < 1.29 is 22.4 Å². The van der Waals surface area contributed by atoms with Crippen molar-refractivity contribution in [3.63, 3.8) is 0 Å². The highest BCUT2D eigenvalue weighted by molar-refractivity contribution is 6.06. The molecule has 4 rings (SSSR count). The van der Waals surface area contributed by atoms with E-state index >= 15 is 4.39 Å². The third kappa shape index (κ3) is 7.94. The van der Waals surface area contributed by atoms with E-state index in [2.05, 4.69) is 29.5 Å². The number of benzene rings is 2. The maximum absolute atomic E-state index is 15.3. The lowest BCUT2D eigenvalue weighted by atomic mass is 9.64. The molecule has 3 aromatic rings. The van der Waals surface area contributed by atoms with Gasteiger partial charge in [-0.3, -0.25) is 9.78 Å². The largest absolute Gasteiger partial charge is 0.416 e. The van der Waals surface area contributed by atoms with E-state index in [0.29, 0.717) is 11.6 Å². The van der Waals surface area contributed by atoms with Crippen molar-refractivity contribution in [3.8, 4) is 0 Å². The van der Waals surface area contributed by atoms with Gasteiger partial charge < -0.3 is 16.4 Å². The van der Waals surface area contributed by atoms with Gasteiger partial charge in [0.15, 0.2) is 0 Å². The first-order valence-electron chi connectivity index (χ1n) is 15.0. The maximum Gasteiger partial charge on any atom is 0.416 e. The Kier molecular flexibility index (Phi) is 10.6. The van der Waals surface area contributed by atoms with Crippen molar-refractivity contribution in [1.29, 1.82) is 0 Å². The third-order valence-corrected chi connectivity index (χ3v) is 8.29. The van der Waals surface area contributed by atoms with Crippen LogP contribution in [0.25, 0.3) is 0 Å². The minimum atomic E-state index is -4.70. The number of amides is 1. The van der Waals surface area contributed by atoms with E-state index in [1.54, 1.807) is 55.7 Å². The van der Waals surface area contributed by atoms with Gasteiger partial charge in [0.2, 0.25) is 0 Å². The van der Waals surface area contributed by atoms with Gasteiger partial charge in [-0.2, -0.15) is 13.2 Å². The molecule has 2 aromatic carbocycles. The van der Waals surface area contributed by atoms with Crippen LogP contribution in [0.2, 0.25) is 0 Å². The number of rotatable bonds is 13. The Hall–Kier alpha value is -3.98. The number of carbonyl (C=O) groups is 1. The summed E-state index contributed by atoms with van der Waals surface area (Å²) in [5.41, 5.74) is 6.69. The number of carbonyl (C=O) groups excluding carboxylic acids is 1. The first-order chi connectivity index (χ1) is 21.0. The molecule has 1 atom stereocenters. The van der Waals surface area contributed by atoms with Crippen molar-refractivity contribution in [1.82, 2.24) is 4.98 Å². The summed E-state index contributed by atoms with van der Waals surface area (Å²) in [5, 5.41) is 5.37. The van der Waals surface area contributed by atoms with Crippen LogP contribution >= 0.6 is 0 Å². The fourth-order valence-corrected chi connectivity index (χ4v) is 5.71. The molecule has 1 aliphatic carbocycles. The molecule has 0 spiro atoms. The van der Waals surface area contributed by atoms with E-state index in [4.69, 9.17) is 5.73 Å². The van der Waals surface area contributed by atoms with Gasteiger partial charge in [0, 0.05) is 30.0 Å². The van der Waals surface area contributed by atoms with Crippen LogP contribution in [0.4, 0.5) is 28.9 Å². The second kappa shape index (κ2) is 14.2. The highest BCUT2D eigenvalue weighted by Crippen LogP contribution is 2.47. The van der Waals surface area contributed by atoms with Crippen molar-refractivity contribution in [2.75, 3.05) is 10.6 Å². The zero-order chi connectivity index (χ0) is 31.9. The van der Waals surface area contributed by atoms with Crippen molar-refractivity contribution in [2.24, 2.45) is 17.6 Å². The highest BCUT2D eigenvalue weighted by atomic mass is 19.4. The van der Waals surface area contributed by atoms with Crippen LogP contribution in [-0.4, -0.2) is 17.1 Å². The molecule has 234 valence electrons. The van der Waals surface area contributed by atoms with Crippen LogP contribution in [0, 0.1) is 17.7 Å². The molecule has 1 saturated carbocycles. The third-order valence-electron chi connectivity index (χ3n) is 8.29. The summed E-state index contributed by atoms with van der Waals surface area (Å²) in [6.07, 6.45) is 4.83. The molecule has 9 heteroatoms. The van der Waals surface area contributed by atoms with Gasteiger partial charge in [-0.1, -0.05) is 57.9 Å². The summed E-state index contributed by atoms with van der Waals surface area (Å²) in [4.78, 5) is 17.8. The first kappa shape index (κ1) is 32.9. The van der Waals surface area contributed by atoms with Crippen LogP contribution in [0.5, 0.6) is 0 Å². The minimum absolute atomic E-state index is 0.104. The molecule has 44 heavy (non-hydrogen) atoms. The fraction of sp³-hybridized carbons (Fsp3) is 0.371. The first-order valence-corrected chi connectivity index (χ1v) is 15.0. The molecule has 0 aliphatic heterocycles. The number of allylic oxidation sites excluding steroid dienone is 3. The number of nitrogens with zero attached hydrogens (tertiary/aromatic N) is 1. The summed E-state index contributed by atoms with van der Waals surface area (Å²) in [5.74, 6) is -0.841. The Morgan fingerprint density at radius 3 is 2.39 bits per heavy atom. The number of anilines is 2. The Labute approximate surface area is 256 Å². The molecule has 5 nitrogen and oxygen atoms in total. The summed E-state index contributed by atoms with van der Waals surface area (Å²) >= 11 is 0. The monoisotopic (exact) mass is 608 g/mol. The highest BCUT2D eigenvalue weighted by Gasteiger charge is 2.39. The minimum Gasteiger partial charge on any atom is -0.351 e. The average molecular weight is 609 g/mol. The molecule has 0 radical (unpaired) electrons. The van der Waals surface area contributed by atoms with Gasteiger partial charge in [0.05, 0.1) is 11.3 Å². The van der Waals surface area contributed by atoms with E-state index in [-0.39, 0.29) is 30.3 Å². The van der Waals surface area contributed by atoms with E-state index in [1.807, 2.05) is 12.1 Å². The van der Waals surface area contributed by atoms with Gasteiger partial charge in [-0.05, 0) is 90.3 Å². The van der Waals surface area contributed by atoms with Gasteiger partial charge in [0.1, 0.15) is 11.5 Å².